The normalized spacial score (nSPS) is 23.9. The first kappa shape index (κ1) is 18.9. The van der Waals surface area contributed by atoms with E-state index in [9.17, 15) is 14.0 Å². The third kappa shape index (κ3) is 3.88. The molecule has 7 nitrogen and oxygen atoms in total. The lowest BCUT2D eigenvalue weighted by Crippen LogP contribution is -2.43. The molecule has 1 N–H and O–H groups in total. The lowest BCUT2D eigenvalue weighted by molar-refractivity contribution is -0.157. The van der Waals surface area contributed by atoms with Crippen LogP contribution in [0.3, 0.4) is 0 Å². The quantitative estimate of drug-likeness (QED) is 0.794. The molecule has 4 rings (SSSR count). The van der Waals surface area contributed by atoms with Gasteiger partial charge in [0.05, 0.1) is 6.61 Å². The Hall–Kier alpha value is -2.45. The average molecular weight is 390 g/mol. The van der Waals surface area contributed by atoms with E-state index in [1.54, 1.807) is 17.2 Å². The van der Waals surface area contributed by atoms with Gasteiger partial charge in [-0.2, -0.15) is 0 Å². The van der Waals surface area contributed by atoms with Crippen molar-refractivity contribution in [1.29, 1.82) is 0 Å². The molecule has 1 amide bonds. The number of aromatic amines is 1. The SMILES string of the molecule is CC1(C)OCC(CN(Cc2c[nH]c3ccc(F)cc23)C(=O)C2CCC(=O)O2)O1. The van der Waals surface area contributed by atoms with Crippen molar-refractivity contribution in [2.24, 2.45) is 0 Å². The van der Waals surface area contributed by atoms with Crippen molar-refractivity contribution in [3.8, 4) is 0 Å². The summed E-state index contributed by atoms with van der Waals surface area (Å²) in [7, 11) is 0. The van der Waals surface area contributed by atoms with Gasteiger partial charge < -0.3 is 24.1 Å². The molecule has 2 unspecified atom stereocenters. The Morgan fingerprint density at radius 1 is 1.39 bits per heavy atom. The van der Waals surface area contributed by atoms with E-state index in [1.165, 1.54) is 12.1 Å². The van der Waals surface area contributed by atoms with Gasteiger partial charge in [0.1, 0.15) is 11.9 Å². The predicted octanol–water partition coefficient (Wildman–Crippen LogP) is 2.49. The maximum atomic E-state index is 13.7. The first-order chi connectivity index (χ1) is 13.3. The number of fused-ring (bicyclic) bond motifs is 1. The summed E-state index contributed by atoms with van der Waals surface area (Å²) in [6.07, 6.45) is 1.28. The maximum Gasteiger partial charge on any atom is 0.306 e. The van der Waals surface area contributed by atoms with Crippen LogP contribution in [0.5, 0.6) is 0 Å². The van der Waals surface area contributed by atoms with E-state index in [0.29, 0.717) is 18.4 Å². The smallest absolute Gasteiger partial charge is 0.306 e. The number of hydrogen-bond donors (Lipinski definition) is 1. The molecule has 150 valence electrons. The number of aromatic nitrogens is 1. The van der Waals surface area contributed by atoms with Gasteiger partial charge in [0, 0.05) is 43.0 Å². The fourth-order valence-corrected chi connectivity index (χ4v) is 3.72. The molecule has 8 heteroatoms. The van der Waals surface area contributed by atoms with Crippen LogP contribution < -0.4 is 0 Å². The summed E-state index contributed by atoms with van der Waals surface area (Å²) in [5.41, 5.74) is 1.57. The van der Waals surface area contributed by atoms with Crippen LogP contribution in [0.2, 0.25) is 0 Å². The predicted molar refractivity (Wildman–Crippen MR) is 97.7 cm³/mol. The number of rotatable bonds is 5. The molecule has 0 bridgehead atoms. The molecule has 0 spiro atoms. The first-order valence-electron chi connectivity index (χ1n) is 9.36. The minimum Gasteiger partial charge on any atom is -0.452 e. The molecule has 2 fully saturated rings. The Bertz CT molecular complexity index is 909. The molecule has 2 atom stereocenters. The fourth-order valence-electron chi connectivity index (χ4n) is 3.72. The monoisotopic (exact) mass is 390 g/mol. The third-order valence-electron chi connectivity index (χ3n) is 5.05. The second kappa shape index (κ2) is 7.18. The molecule has 3 heterocycles. The Morgan fingerprint density at radius 3 is 2.89 bits per heavy atom. The molecule has 2 aromatic rings. The van der Waals surface area contributed by atoms with Crippen molar-refractivity contribution in [3.05, 3.63) is 35.8 Å². The standard InChI is InChI=1S/C20H23FN2O5/c1-20(2)26-11-14(28-20)10-23(19(25)17-5-6-18(24)27-17)9-12-8-22-16-4-3-13(21)7-15(12)16/h3-4,7-8,14,17,22H,5-6,9-11H2,1-2H3. The van der Waals surface area contributed by atoms with Crippen LogP contribution in [0.1, 0.15) is 32.3 Å². The molecule has 2 aliphatic heterocycles. The largest absolute Gasteiger partial charge is 0.452 e. The van der Waals surface area contributed by atoms with Crippen molar-refractivity contribution in [3.63, 3.8) is 0 Å². The molecule has 1 aromatic heterocycles. The highest BCUT2D eigenvalue weighted by molar-refractivity contribution is 5.88. The van der Waals surface area contributed by atoms with E-state index in [2.05, 4.69) is 4.98 Å². The molecular weight excluding hydrogens is 367 g/mol. The van der Waals surface area contributed by atoms with Gasteiger partial charge in [0.25, 0.3) is 5.91 Å². The number of benzene rings is 1. The number of carbonyl (C=O) groups excluding carboxylic acids is 2. The topological polar surface area (TPSA) is 80.9 Å². The van der Waals surface area contributed by atoms with Gasteiger partial charge in [-0.15, -0.1) is 0 Å². The van der Waals surface area contributed by atoms with Gasteiger partial charge in [-0.3, -0.25) is 9.59 Å². The van der Waals surface area contributed by atoms with Gasteiger partial charge in [0.15, 0.2) is 11.9 Å². The summed E-state index contributed by atoms with van der Waals surface area (Å²) < 4.78 is 30.3. The Kier molecular flexibility index (Phi) is 4.84. The minimum atomic E-state index is -0.787. The van der Waals surface area contributed by atoms with Gasteiger partial charge >= 0.3 is 5.97 Å². The van der Waals surface area contributed by atoms with Crippen LogP contribution in [0.15, 0.2) is 24.4 Å². The van der Waals surface area contributed by atoms with Crippen molar-refractivity contribution in [2.45, 2.75) is 51.2 Å². The van der Waals surface area contributed by atoms with Crippen molar-refractivity contribution < 1.29 is 28.2 Å². The maximum absolute atomic E-state index is 13.7. The summed E-state index contributed by atoms with van der Waals surface area (Å²) in [4.78, 5) is 29.2. The molecule has 1 aromatic carbocycles. The van der Waals surface area contributed by atoms with Crippen LogP contribution in [0.25, 0.3) is 10.9 Å². The lowest BCUT2D eigenvalue weighted by Gasteiger charge is -2.27. The summed E-state index contributed by atoms with van der Waals surface area (Å²) in [6, 6.07) is 4.49. The highest BCUT2D eigenvalue weighted by Crippen LogP contribution is 2.26. The zero-order chi connectivity index (χ0) is 19.9. The molecule has 0 saturated carbocycles. The number of ether oxygens (including phenoxy) is 3. The lowest BCUT2D eigenvalue weighted by atomic mass is 10.1. The number of amides is 1. The number of esters is 1. The van der Waals surface area contributed by atoms with Gasteiger partial charge in [-0.1, -0.05) is 0 Å². The summed E-state index contributed by atoms with van der Waals surface area (Å²) >= 11 is 0. The van der Waals surface area contributed by atoms with Gasteiger partial charge in [0.2, 0.25) is 0 Å². The van der Waals surface area contributed by atoms with Gasteiger partial charge in [-0.25, -0.2) is 4.39 Å². The van der Waals surface area contributed by atoms with Gasteiger partial charge in [-0.05, 0) is 37.6 Å². The van der Waals surface area contributed by atoms with Crippen LogP contribution in [-0.2, 0) is 30.3 Å². The molecule has 0 aliphatic carbocycles. The number of cyclic esters (lactones) is 1. The summed E-state index contributed by atoms with van der Waals surface area (Å²) in [6.45, 7) is 4.54. The third-order valence-corrected chi connectivity index (χ3v) is 5.05. The van der Waals surface area contributed by atoms with E-state index in [-0.39, 0.29) is 43.3 Å². The Balaban J connectivity index is 1.57. The summed E-state index contributed by atoms with van der Waals surface area (Å²) in [5.74, 6) is -1.69. The van der Waals surface area contributed by atoms with Crippen LogP contribution >= 0.6 is 0 Å². The van der Waals surface area contributed by atoms with Crippen molar-refractivity contribution >= 4 is 22.8 Å². The highest BCUT2D eigenvalue weighted by atomic mass is 19.1. The molecule has 28 heavy (non-hydrogen) atoms. The number of nitrogens with one attached hydrogen (secondary N) is 1. The van der Waals surface area contributed by atoms with E-state index in [4.69, 9.17) is 14.2 Å². The highest BCUT2D eigenvalue weighted by Gasteiger charge is 2.38. The van der Waals surface area contributed by atoms with Crippen LogP contribution in [-0.4, -0.2) is 52.9 Å². The molecule has 0 radical (unpaired) electrons. The van der Waals surface area contributed by atoms with E-state index in [1.807, 2.05) is 13.8 Å². The number of hydrogen-bond acceptors (Lipinski definition) is 5. The van der Waals surface area contributed by atoms with Crippen LogP contribution in [0.4, 0.5) is 4.39 Å². The molecular formula is C20H23FN2O5. The second-order valence-corrected chi connectivity index (χ2v) is 7.69. The van der Waals surface area contributed by atoms with E-state index in [0.717, 1.165) is 11.1 Å². The van der Waals surface area contributed by atoms with E-state index >= 15 is 0 Å². The van der Waals surface area contributed by atoms with E-state index < -0.39 is 11.9 Å². The molecule has 2 saturated heterocycles. The van der Waals surface area contributed by atoms with Crippen molar-refractivity contribution in [1.82, 2.24) is 9.88 Å². The second-order valence-electron chi connectivity index (χ2n) is 7.69. The Morgan fingerprint density at radius 2 is 2.21 bits per heavy atom. The number of nitrogens with zero attached hydrogens (tertiary/aromatic N) is 1. The van der Waals surface area contributed by atoms with Crippen molar-refractivity contribution in [2.75, 3.05) is 13.2 Å². The number of halogens is 1. The molecule has 2 aliphatic rings. The van der Waals surface area contributed by atoms with Crippen LogP contribution in [0, 0.1) is 5.82 Å². The zero-order valence-corrected chi connectivity index (χ0v) is 15.9. The fraction of sp³-hybridized carbons (Fsp3) is 0.500. The zero-order valence-electron chi connectivity index (χ0n) is 15.9. The minimum absolute atomic E-state index is 0.235. The average Bonchev–Trinajstić information content (AvgIpc) is 3.33. The Labute approximate surface area is 161 Å². The number of carbonyl (C=O) groups is 2. The summed E-state index contributed by atoms with van der Waals surface area (Å²) in [5, 5.41) is 0.713. The number of H-pyrrole nitrogens is 1. The first-order valence-corrected chi connectivity index (χ1v) is 9.36.